The van der Waals surface area contributed by atoms with E-state index in [4.69, 9.17) is 4.52 Å². The van der Waals surface area contributed by atoms with Crippen molar-refractivity contribution in [1.29, 1.82) is 0 Å². The Morgan fingerprint density at radius 1 is 1.32 bits per heavy atom. The molecule has 2 N–H and O–H groups in total. The predicted molar refractivity (Wildman–Crippen MR) is 87.4 cm³/mol. The molecular weight excluding hydrogens is 327 g/mol. The molecule has 1 atom stereocenters. The third-order valence-corrected chi connectivity index (χ3v) is 3.54. The molecule has 3 rings (SSSR count). The molecule has 130 valence electrons. The van der Waals surface area contributed by atoms with E-state index in [0.717, 1.165) is 5.69 Å². The zero-order valence-corrected chi connectivity index (χ0v) is 13.9. The largest absolute Gasteiger partial charge is 0.340 e. The maximum Gasteiger partial charge on any atom is 0.321 e. The number of nitrogens with one attached hydrogen (secondary N) is 2. The average Bonchev–Trinajstić information content (AvgIpc) is 3.11. The van der Waals surface area contributed by atoms with Crippen molar-refractivity contribution in [3.05, 3.63) is 59.1 Å². The monoisotopic (exact) mass is 344 g/mol. The lowest BCUT2D eigenvalue weighted by atomic mass is 10.1. The molecule has 9 heteroatoms. The number of rotatable bonds is 4. The maximum absolute atomic E-state index is 14.2. The highest BCUT2D eigenvalue weighted by Crippen LogP contribution is 2.22. The first-order valence-electron chi connectivity index (χ1n) is 7.57. The molecule has 0 fully saturated rings. The Morgan fingerprint density at radius 3 is 2.68 bits per heavy atom. The summed E-state index contributed by atoms with van der Waals surface area (Å²) in [6.07, 6.45) is 0. The number of carbonyl (C=O) groups excluding carboxylic acids is 1. The van der Waals surface area contributed by atoms with E-state index in [1.165, 1.54) is 10.7 Å². The van der Waals surface area contributed by atoms with Gasteiger partial charge in [0.15, 0.2) is 5.82 Å². The van der Waals surface area contributed by atoms with Gasteiger partial charge in [0, 0.05) is 25.6 Å². The lowest BCUT2D eigenvalue weighted by Crippen LogP contribution is -2.34. The van der Waals surface area contributed by atoms with Crippen LogP contribution in [-0.2, 0) is 7.05 Å². The van der Waals surface area contributed by atoms with Gasteiger partial charge in [-0.3, -0.25) is 10.00 Å². The Kier molecular flexibility index (Phi) is 4.46. The normalized spacial score (nSPS) is 12.0. The molecule has 1 aromatic carbocycles. The van der Waals surface area contributed by atoms with Crippen LogP contribution in [0.4, 0.5) is 15.0 Å². The number of urea groups is 1. The minimum atomic E-state index is -0.895. The maximum atomic E-state index is 14.2. The number of hydrogen-bond donors (Lipinski definition) is 2. The van der Waals surface area contributed by atoms with E-state index < -0.39 is 17.9 Å². The highest BCUT2D eigenvalue weighted by atomic mass is 19.1. The SMILES string of the molecule is Cc1cc(NC(=O)N[C@H](c2noc(C)n2)c2ccccc2F)n(C)n1. The first-order chi connectivity index (χ1) is 11.9. The summed E-state index contributed by atoms with van der Waals surface area (Å²) in [5.74, 6) is 0.512. The average molecular weight is 344 g/mol. The number of aromatic nitrogens is 4. The fraction of sp³-hybridized carbons (Fsp3) is 0.250. The van der Waals surface area contributed by atoms with E-state index in [-0.39, 0.29) is 11.4 Å². The summed E-state index contributed by atoms with van der Waals surface area (Å²) in [6.45, 7) is 3.43. The van der Waals surface area contributed by atoms with Gasteiger partial charge in [0.05, 0.1) is 5.69 Å². The summed E-state index contributed by atoms with van der Waals surface area (Å²) < 4.78 is 20.7. The van der Waals surface area contributed by atoms with Gasteiger partial charge in [-0.15, -0.1) is 0 Å². The number of carbonyl (C=O) groups is 1. The number of halogens is 1. The lowest BCUT2D eigenvalue weighted by Gasteiger charge is -2.17. The van der Waals surface area contributed by atoms with Crippen LogP contribution in [0.5, 0.6) is 0 Å². The van der Waals surface area contributed by atoms with Crippen LogP contribution in [0.3, 0.4) is 0 Å². The van der Waals surface area contributed by atoms with Crippen LogP contribution in [-0.4, -0.2) is 26.0 Å². The third kappa shape index (κ3) is 3.65. The van der Waals surface area contributed by atoms with Gasteiger partial charge in [0.2, 0.25) is 5.89 Å². The Hall–Kier alpha value is -3.23. The molecule has 0 spiro atoms. The van der Waals surface area contributed by atoms with E-state index >= 15 is 0 Å². The molecule has 0 saturated heterocycles. The van der Waals surface area contributed by atoms with E-state index in [9.17, 15) is 9.18 Å². The summed E-state index contributed by atoms with van der Waals surface area (Å²) in [7, 11) is 1.71. The zero-order valence-electron chi connectivity index (χ0n) is 13.9. The van der Waals surface area contributed by atoms with Crippen molar-refractivity contribution in [3.63, 3.8) is 0 Å². The number of nitrogens with zero attached hydrogens (tertiary/aromatic N) is 4. The molecule has 0 unspecified atom stereocenters. The highest BCUT2D eigenvalue weighted by Gasteiger charge is 2.25. The molecular formula is C16H17FN6O2. The summed E-state index contributed by atoms with van der Waals surface area (Å²) in [6, 6.07) is 6.38. The molecule has 2 heterocycles. The van der Waals surface area contributed by atoms with Crippen molar-refractivity contribution in [3.8, 4) is 0 Å². The number of aryl methyl sites for hydroxylation is 3. The summed E-state index contributed by atoms with van der Waals surface area (Å²) in [4.78, 5) is 16.5. The first kappa shape index (κ1) is 16.6. The van der Waals surface area contributed by atoms with Gasteiger partial charge >= 0.3 is 6.03 Å². The van der Waals surface area contributed by atoms with E-state index in [2.05, 4.69) is 25.9 Å². The summed E-state index contributed by atoms with van der Waals surface area (Å²) in [5.41, 5.74) is 0.997. The second-order valence-corrected chi connectivity index (χ2v) is 5.52. The van der Waals surface area contributed by atoms with Gasteiger partial charge in [0.25, 0.3) is 0 Å². The Morgan fingerprint density at radius 2 is 2.08 bits per heavy atom. The van der Waals surface area contributed by atoms with Crippen LogP contribution >= 0.6 is 0 Å². The third-order valence-electron chi connectivity index (χ3n) is 3.54. The van der Waals surface area contributed by atoms with Crippen LogP contribution in [0.1, 0.15) is 29.0 Å². The number of amides is 2. The van der Waals surface area contributed by atoms with Crippen molar-refractivity contribution in [1.82, 2.24) is 25.2 Å². The molecule has 0 aliphatic rings. The predicted octanol–water partition coefficient (Wildman–Crippen LogP) is 2.47. The van der Waals surface area contributed by atoms with Crippen molar-refractivity contribution < 1.29 is 13.7 Å². The molecule has 0 radical (unpaired) electrons. The van der Waals surface area contributed by atoms with Gasteiger partial charge in [-0.2, -0.15) is 10.1 Å². The quantitative estimate of drug-likeness (QED) is 0.758. The van der Waals surface area contributed by atoms with Gasteiger partial charge < -0.3 is 9.84 Å². The van der Waals surface area contributed by atoms with Crippen LogP contribution in [0, 0.1) is 19.7 Å². The molecule has 3 aromatic rings. The fourth-order valence-corrected chi connectivity index (χ4v) is 2.43. The van der Waals surface area contributed by atoms with Crippen molar-refractivity contribution in [2.75, 3.05) is 5.32 Å². The highest BCUT2D eigenvalue weighted by molar-refractivity contribution is 5.88. The molecule has 0 aliphatic carbocycles. The number of benzene rings is 1. The molecule has 2 aromatic heterocycles. The molecule has 2 amide bonds. The minimum absolute atomic E-state index is 0.166. The molecule has 8 nitrogen and oxygen atoms in total. The summed E-state index contributed by atoms with van der Waals surface area (Å²) >= 11 is 0. The van der Waals surface area contributed by atoms with E-state index in [0.29, 0.717) is 11.7 Å². The topological polar surface area (TPSA) is 97.9 Å². The van der Waals surface area contributed by atoms with Crippen molar-refractivity contribution in [2.24, 2.45) is 7.05 Å². The zero-order chi connectivity index (χ0) is 18.0. The minimum Gasteiger partial charge on any atom is -0.340 e. The standard InChI is InChI=1S/C16H17FN6O2/c1-9-8-13(23(3)21-9)19-16(24)20-14(15-18-10(2)25-22-15)11-6-4-5-7-12(11)17/h4-8,14H,1-3H3,(H2,19,20,24)/t14-/m0/s1. The van der Waals surface area contributed by atoms with Crippen molar-refractivity contribution >= 4 is 11.8 Å². The second-order valence-electron chi connectivity index (χ2n) is 5.52. The molecule has 25 heavy (non-hydrogen) atoms. The fourth-order valence-electron chi connectivity index (χ4n) is 2.43. The Labute approximate surface area is 143 Å². The van der Waals surface area contributed by atoms with Gasteiger partial charge in [-0.1, -0.05) is 23.4 Å². The van der Waals surface area contributed by atoms with Crippen LogP contribution in [0.25, 0.3) is 0 Å². The van der Waals surface area contributed by atoms with Gasteiger partial charge in [0.1, 0.15) is 17.7 Å². The first-order valence-corrected chi connectivity index (χ1v) is 7.57. The number of anilines is 1. The molecule has 0 saturated carbocycles. The van der Waals surface area contributed by atoms with Crippen LogP contribution in [0.15, 0.2) is 34.9 Å². The number of hydrogen-bond acceptors (Lipinski definition) is 5. The Bertz CT molecular complexity index is 904. The van der Waals surface area contributed by atoms with Gasteiger partial charge in [-0.05, 0) is 13.0 Å². The smallest absolute Gasteiger partial charge is 0.321 e. The van der Waals surface area contributed by atoms with E-state index in [1.807, 2.05) is 6.92 Å². The summed E-state index contributed by atoms with van der Waals surface area (Å²) in [5, 5.41) is 13.3. The second kappa shape index (κ2) is 6.71. The van der Waals surface area contributed by atoms with Crippen molar-refractivity contribution in [2.45, 2.75) is 19.9 Å². The van der Waals surface area contributed by atoms with Crippen LogP contribution < -0.4 is 10.6 Å². The molecule has 0 bridgehead atoms. The van der Waals surface area contributed by atoms with Crippen LogP contribution in [0.2, 0.25) is 0 Å². The molecule has 0 aliphatic heterocycles. The van der Waals surface area contributed by atoms with E-state index in [1.54, 1.807) is 38.2 Å². The Balaban J connectivity index is 1.86. The van der Waals surface area contributed by atoms with Gasteiger partial charge in [-0.25, -0.2) is 9.18 Å². The lowest BCUT2D eigenvalue weighted by molar-refractivity contribution is 0.249.